The van der Waals surface area contributed by atoms with E-state index < -0.39 is 29.6 Å². The van der Waals surface area contributed by atoms with E-state index in [9.17, 15) is 23.1 Å². The number of aliphatic hydroxyl groups is 1. The van der Waals surface area contributed by atoms with Crippen molar-refractivity contribution < 1.29 is 27.8 Å². The van der Waals surface area contributed by atoms with E-state index in [1.54, 1.807) is 0 Å². The van der Waals surface area contributed by atoms with Crippen LogP contribution in [0.2, 0.25) is 0 Å². The normalized spacial score (nSPS) is 23.8. The molecule has 0 radical (unpaired) electrons. The summed E-state index contributed by atoms with van der Waals surface area (Å²) in [6, 6.07) is 2.10. The summed E-state index contributed by atoms with van der Waals surface area (Å²) in [5, 5.41) is 14.5. The second-order valence-electron chi connectivity index (χ2n) is 5.87. The number of hydrogen-bond donors (Lipinski definition) is 3. The van der Waals surface area contributed by atoms with Gasteiger partial charge >= 0.3 is 12.6 Å². The molecule has 5 nitrogen and oxygen atoms in total. The third-order valence-electron chi connectivity index (χ3n) is 4.16. The van der Waals surface area contributed by atoms with Crippen LogP contribution in [-0.2, 0) is 0 Å². The van der Waals surface area contributed by atoms with Gasteiger partial charge in [-0.15, -0.1) is 0 Å². The zero-order valence-corrected chi connectivity index (χ0v) is 12.6. The van der Waals surface area contributed by atoms with E-state index in [1.165, 1.54) is 0 Å². The van der Waals surface area contributed by atoms with Crippen LogP contribution in [0.5, 0.6) is 5.75 Å². The summed E-state index contributed by atoms with van der Waals surface area (Å²) in [6.07, 6.45) is 2.37. The number of nitrogens with one attached hydrogen (secondary N) is 2. The fourth-order valence-electron chi connectivity index (χ4n) is 2.78. The number of anilines is 1. The van der Waals surface area contributed by atoms with E-state index >= 15 is 0 Å². The summed E-state index contributed by atoms with van der Waals surface area (Å²) in [6.45, 7) is -1.32. The lowest BCUT2D eigenvalue weighted by Crippen LogP contribution is -2.46. The van der Waals surface area contributed by atoms with Crippen LogP contribution >= 0.6 is 0 Å². The molecule has 1 aromatic rings. The molecule has 2 atom stereocenters. The molecule has 0 aromatic heterocycles. The summed E-state index contributed by atoms with van der Waals surface area (Å²) in [4.78, 5) is 12.1. The molecule has 0 spiro atoms. The molecule has 0 aliphatic heterocycles. The van der Waals surface area contributed by atoms with Gasteiger partial charge in [0, 0.05) is 17.5 Å². The van der Waals surface area contributed by atoms with E-state index in [0.717, 1.165) is 31.0 Å². The summed E-state index contributed by atoms with van der Waals surface area (Å²) in [7, 11) is 0. The van der Waals surface area contributed by atoms with Gasteiger partial charge in [-0.3, -0.25) is 0 Å². The van der Waals surface area contributed by atoms with Gasteiger partial charge in [-0.1, -0.05) is 13.3 Å². The molecule has 1 aliphatic rings. The Balaban J connectivity index is 2.05. The first-order chi connectivity index (χ1) is 10.8. The fraction of sp³-hybridized carbons (Fsp3) is 0.533. The number of aliphatic hydroxyl groups excluding tert-OH is 1. The van der Waals surface area contributed by atoms with Crippen LogP contribution < -0.4 is 15.4 Å². The van der Waals surface area contributed by atoms with Crippen LogP contribution in [0.3, 0.4) is 0 Å². The Kier molecular flexibility index (Phi) is 5.35. The smallest absolute Gasteiger partial charge is 0.387 e. The van der Waals surface area contributed by atoms with Crippen molar-refractivity contribution in [2.45, 2.75) is 38.8 Å². The number of rotatable bonds is 5. The molecule has 0 bridgehead atoms. The van der Waals surface area contributed by atoms with E-state index in [-0.39, 0.29) is 18.3 Å². The molecule has 0 saturated heterocycles. The van der Waals surface area contributed by atoms with Crippen molar-refractivity contribution in [2.24, 2.45) is 5.41 Å². The lowest BCUT2D eigenvalue weighted by atomic mass is 9.86. The van der Waals surface area contributed by atoms with Gasteiger partial charge in [0.25, 0.3) is 0 Å². The highest BCUT2D eigenvalue weighted by Gasteiger charge is 2.39. The molecule has 2 amide bonds. The van der Waals surface area contributed by atoms with Crippen molar-refractivity contribution in [1.82, 2.24) is 5.32 Å². The third-order valence-corrected chi connectivity index (χ3v) is 4.16. The summed E-state index contributed by atoms with van der Waals surface area (Å²) >= 11 is 0. The number of ether oxygens (including phenoxy) is 1. The predicted molar refractivity (Wildman–Crippen MR) is 78.0 cm³/mol. The van der Waals surface area contributed by atoms with Crippen LogP contribution in [0.4, 0.5) is 23.7 Å². The predicted octanol–water partition coefficient (Wildman–Crippen LogP) is 3.10. The number of carbonyl (C=O) groups excluding carboxylic acids is 1. The third kappa shape index (κ3) is 4.28. The van der Waals surface area contributed by atoms with E-state index in [4.69, 9.17) is 0 Å². The first-order valence-electron chi connectivity index (χ1n) is 7.27. The van der Waals surface area contributed by atoms with Crippen molar-refractivity contribution in [1.29, 1.82) is 0 Å². The summed E-state index contributed by atoms with van der Waals surface area (Å²) in [5.74, 6) is -1.21. The van der Waals surface area contributed by atoms with Crippen LogP contribution in [0, 0.1) is 11.2 Å². The fourth-order valence-corrected chi connectivity index (χ4v) is 2.78. The van der Waals surface area contributed by atoms with E-state index in [2.05, 4.69) is 15.4 Å². The summed E-state index contributed by atoms with van der Waals surface area (Å²) < 4.78 is 42.0. The molecular formula is C15H19F3N2O3. The van der Waals surface area contributed by atoms with Crippen molar-refractivity contribution >= 4 is 11.7 Å². The van der Waals surface area contributed by atoms with Crippen molar-refractivity contribution in [2.75, 3.05) is 11.9 Å². The number of benzene rings is 1. The Bertz CT molecular complexity index is 571. The number of urea groups is 1. The minimum atomic E-state index is -3.13. The van der Waals surface area contributed by atoms with E-state index in [0.29, 0.717) is 6.42 Å². The molecule has 23 heavy (non-hydrogen) atoms. The maximum Gasteiger partial charge on any atom is 0.387 e. The number of alkyl halides is 2. The average Bonchev–Trinajstić information content (AvgIpc) is 2.83. The lowest BCUT2D eigenvalue weighted by molar-refractivity contribution is -0.0495. The molecule has 0 heterocycles. The van der Waals surface area contributed by atoms with Crippen LogP contribution in [-0.4, -0.2) is 30.4 Å². The molecule has 1 aromatic carbocycles. The Labute approximate surface area is 131 Å². The maximum atomic E-state index is 13.1. The second kappa shape index (κ2) is 7.08. The maximum absolute atomic E-state index is 13.1. The van der Waals surface area contributed by atoms with Crippen molar-refractivity contribution in [3.8, 4) is 5.75 Å². The lowest BCUT2D eigenvalue weighted by Gasteiger charge is -2.30. The first kappa shape index (κ1) is 17.4. The number of hydrogen-bond acceptors (Lipinski definition) is 3. The SMILES string of the molecule is CC1(CO)CCCC1NC(=O)Nc1ccc(F)cc1OC(F)F. The molecule has 3 N–H and O–H groups in total. The minimum absolute atomic E-state index is 0.0613. The Morgan fingerprint density at radius 2 is 2.26 bits per heavy atom. The van der Waals surface area contributed by atoms with Gasteiger partial charge in [-0.2, -0.15) is 8.78 Å². The zero-order valence-electron chi connectivity index (χ0n) is 12.6. The molecule has 1 aliphatic carbocycles. The highest BCUT2D eigenvalue weighted by molar-refractivity contribution is 5.91. The van der Waals surface area contributed by atoms with Gasteiger partial charge < -0.3 is 20.5 Å². The van der Waals surface area contributed by atoms with Crippen molar-refractivity contribution in [3.63, 3.8) is 0 Å². The molecule has 1 fully saturated rings. The van der Waals surface area contributed by atoms with Crippen LogP contribution in [0.1, 0.15) is 26.2 Å². The van der Waals surface area contributed by atoms with Gasteiger partial charge in [-0.05, 0) is 25.0 Å². The van der Waals surface area contributed by atoms with Crippen LogP contribution in [0.25, 0.3) is 0 Å². The van der Waals surface area contributed by atoms with Gasteiger partial charge in [0.1, 0.15) is 5.82 Å². The highest BCUT2D eigenvalue weighted by atomic mass is 19.3. The van der Waals surface area contributed by atoms with Gasteiger partial charge in [0.2, 0.25) is 0 Å². The Morgan fingerprint density at radius 3 is 2.91 bits per heavy atom. The molecule has 2 rings (SSSR count). The van der Waals surface area contributed by atoms with Gasteiger partial charge in [-0.25, -0.2) is 9.18 Å². The second-order valence-corrected chi connectivity index (χ2v) is 5.87. The van der Waals surface area contributed by atoms with Crippen molar-refractivity contribution in [3.05, 3.63) is 24.0 Å². The number of halogens is 3. The Morgan fingerprint density at radius 1 is 1.52 bits per heavy atom. The van der Waals surface area contributed by atoms with E-state index in [1.807, 2.05) is 6.92 Å². The average molecular weight is 332 g/mol. The standard InChI is InChI=1S/C15H19F3N2O3/c1-15(8-21)6-2-3-12(15)20-14(22)19-10-5-4-9(16)7-11(10)23-13(17)18/h4-5,7,12-13,21H,2-3,6,8H2,1H3,(H2,19,20,22). The topological polar surface area (TPSA) is 70.6 Å². The Hall–Kier alpha value is -1.96. The largest absolute Gasteiger partial charge is 0.432 e. The zero-order chi connectivity index (χ0) is 17.0. The highest BCUT2D eigenvalue weighted by Crippen LogP contribution is 2.37. The molecule has 8 heteroatoms. The quantitative estimate of drug-likeness (QED) is 0.776. The first-order valence-corrected chi connectivity index (χ1v) is 7.27. The van der Waals surface area contributed by atoms with Crippen LogP contribution in [0.15, 0.2) is 18.2 Å². The molecule has 128 valence electrons. The monoisotopic (exact) mass is 332 g/mol. The van der Waals surface area contributed by atoms with Gasteiger partial charge in [0.05, 0.1) is 12.3 Å². The molecule has 1 saturated carbocycles. The van der Waals surface area contributed by atoms with Gasteiger partial charge in [0.15, 0.2) is 5.75 Å². The number of amides is 2. The summed E-state index contributed by atoms with van der Waals surface area (Å²) in [5.41, 5.74) is -0.476. The number of carbonyl (C=O) groups is 1. The minimum Gasteiger partial charge on any atom is -0.432 e. The molecule has 2 unspecified atom stereocenters. The molecular weight excluding hydrogens is 313 g/mol.